The first-order chi connectivity index (χ1) is 10.7. The molecule has 0 radical (unpaired) electrons. The number of carboxylic acids is 1. The quantitative estimate of drug-likeness (QED) is 0.802. The van der Waals surface area contributed by atoms with Crippen molar-refractivity contribution in [1.29, 1.82) is 0 Å². The fraction of sp³-hybridized carbons (Fsp3) is 0.235. The minimum absolute atomic E-state index is 0.0998. The molecule has 0 atom stereocenters. The zero-order valence-corrected chi connectivity index (χ0v) is 11.9. The van der Waals surface area contributed by atoms with Gasteiger partial charge in [0.25, 0.3) is 0 Å². The molecule has 22 heavy (non-hydrogen) atoms. The second-order valence-electron chi connectivity index (χ2n) is 5.70. The van der Waals surface area contributed by atoms with Crippen molar-refractivity contribution in [3.8, 4) is 0 Å². The van der Waals surface area contributed by atoms with Crippen molar-refractivity contribution in [2.75, 3.05) is 0 Å². The lowest BCUT2D eigenvalue weighted by molar-refractivity contribution is 0.0689. The van der Waals surface area contributed by atoms with E-state index in [4.69, 9.17) is 0 Å². The Hall–Kier alpha value is -2.69. The van der Waals surface area contributed by atoms with Gasteiger partial charge in [0.15, 0.2) is 5.69 Å². The van der Waals surface area contributed by atoms with Crippen LogP contribution in [0.15, 0.2) is 42.5 Å². The number of rotatable bonds is 4. The maximum atomic E-state index is 11.3. The van der Waals surface area contributed by atoms with Gasteiger partial charge in [0.05, 0.1) is 12.2 Å². The van der Waals surface area contributed by atoms with Crippen molar-refractivity contribution in [3.63, 3.8) is 0 Å². The van der Waals surface area contributed by atoms with Gasteiger partial charge in [0.2, 0.25) is 0 Å². The molecular weight excluding hydrogens is 278 g/mol. The Morgan fingerprint density at radius 1 is 1.18 bits per heavy atom. The van der Waals surface area contributed by atoms with Gasteiger partial charge in [-0.25, -0.2) is 9.48 Å². The highest BCUT2D eigenvalue weighted by Gasteiger charge is 2.33. The number of benzene rings is 2. The lowest BCUT2D eigenvalue weighted by Crippen LogP contribution is -2.08. The van der Waals surface area contributed by atoms with Crippen LogP contribution in [0.5, 0.6) is 0 Å². The molecule has 5 nitrogen and oxygen atoms in total. The average molecular weight is 293 g/mol. The molecule has 0 aliphatic heterocycles. The third kappa shape index (κ3) is 2.15. The Labute approximate surface area is 127 Å². The van der Waals surface area contributed by atoms with Crippen LogP contribution >= 0.6 is 0 Å². The molecule has 1 heterocycles. The highest BCUT2D eigenvalue weighted by atomic mass is 16.4. The zero-order valence-electron chi connectivity index (χ0n) is 11.9. The van der Waals surface area contributed by atoms with Crippen molar-refractivity contribution in [3.05, 3.63) is 59.4 Å². The SMILES string of the molecule is O=C(O)c1nnn(Cc2cccc3ccccc23)c1C1CC1. The molecule has 0 saturated heterocycles. The summed E-state index contributed by atoms with van der Waals surface area (Å²) >= 11 is 0. The summed E-state index contributed by atoms with van der Waals surface area (Å²) in [6.07, 6.45) is 2.03. The topological polar surface area (TPSA) is 68.0 Å². The summed E-state index contributed by atoms with van der Waals surface area (Å²) in [5.74, 6) is -0.706. The molecule has 1 aliphatic carbocycles. The molecule has 1 aliphatic rings. The highest BCUT2D eigenvalue weighted by molar-refractivity contribution is 5.87. The highest BCUT2D eigenvalue weighted by Crippen LogP contribution is 2.41. The maximum Gasteiger partial charge on any atom is 0.358 e. The van der Waals surface area contributed by atoms with Gasteiger partial charge >= 0.3 is 5.97 Å². The second-order valence-corrected chi connectivity index (χ2v) is 5.70. The summed E-state index contributed by atoms with van der Waals surface area (Å²) in [6.45, 7) is 0.549. The summed E-state index contributed by atoms with van der Waals surface area (Å²) in [5, 5.41) is 19.6. The molecule has 0 spiro atoms. The van der Waals surface area contributed by atoms with E-state index < -0.39 is 5.97 Å². The van der Waals surface area contributed by atoms with Crippen LogP contribution in [-0.2, 0) is 6.54 Å². The monoisotopic (exact) mass is 293 g/mol. The number of hydrogen-bond donors (Lipinski definition) is 1. The molecule has 1 N–H and O–H groups in total. The first-order valence-corrected chi connectivity index (χ1v) is 7.37. The van der Waals surface area contributed by atoms with Crippen molar-refractivity contribution in [2.45, 2.75) is 25.3 Å². The molecule has 3 aromatic rings. The van der Waals surface area contributed by atoms with E-state index in [2.05, 4.69) is 34.6 Å². The molecule has 1 aromatic heterocycles. The van der Waals surface area contributed by atoms with Crippen molar-refractivity contribution in [1.82, 2.24) is 15.0 Å². The largest absolute Gasteiger partial charge is 0.476 e. The van der Waals surface area contributed by atoms with Crippen molar-refractivity contribution >= 4 is 16.7 Å². The Kier molecular flexibility index (Phi) is 2.92. The van der Waals surface area contributed by atoms with Gasteiger partial charge in [-0.05, 0) is 29.2 Å². The van der Waals surface area contributed by atoms with E-state index in [9.17, 15) is 9.90 Å². The fourth-order valence-electron chi connectivity index (χ4n) is 2.94. The van der Waals surface area contributed by atoms with Crippen LogP contribution in [-0.4, -0.2) is 26.1 Å². The van der Waals surface area contributed by atoms with Gasteiger partial charge in [-0.15, -0.1) is 5.10 Å². The first-order valence-electron chi connectivity index (χ1n) is 7.37. The average Bonchev–Trinajstić information content (AvgIpc) is 3.28. The number of carbonyl (C=O) groups is 1. The van der Waals surface area contributed by atoms with E-state index in [1.807, 2.05) is 18.2 Å². The Balaban J connectivity index is 1.78. The van der Waals surface area contributed by atoms with Gasteiger partial charge in [0, 0.05) is 5.92 Å². The number of fused-ring (bicyclic) bond motifs is 1. The summed E-state index contributed by atoms with van der Waals surface area (Å²) in [7, 11) is 0. The standard InChI is InChI=1S/C17H15N3O2/c21-17(22)15-16(12-8-9-12)20(19-18-15)10-13-6-3-5-11-4-1-2-7-14(11)13/h1-7,12H,8-10H2,(H,21,22). The molecule has 0 amide bonds. The van der Waals surface area contributed by atoms with E-state index in [0.717, 1.165) is 24.1 Å². The van der Waals surface area contributed by atoms with Gasteiger partial charge < -0.3 is 5.11 Å². The predicted molar refractivity (Wildman–Crippen MR) is 82.0 cm³/mol. The van der Waals surface area contributed by atoms with Gasteiger partial charge in [-0.1, -0.05) is 47.7 Å². The molecule has 0 unspecified atom stereocenters. The lowest BCUT2D eigenvalue weighted by atomic mass is 10.0. The summed E-state index contributed by atoms with van der Waals surface area (Å²) in [4.78, 5) is 11.3. The number of carboxylic acid groups (broad SMARTS) is 1. The van der Waals surface area contributed by atoms with Crippen LogP contribution < -0.4 is 0 Å². The van der Waals surface area contributed by atoms with E-state index in [1.165, 1.54) is 10.8 Å². The molecule has 5 heteroatoms. The molecule has 2 aromatic carbocycles. The van der Waals surface area contributed by atoms with Crippen LogP contribution in [0, 0.1) is 0 Å². The fourth-order valence-corrected chi connectivity index (χ4v) is 2.94. The van der Waals surface area contributed by atoms with Crippen LogP contribution in [0.3, 0.4) is 0 Å². The van der Waals surface area contributed by atoms with Crippen LogP contribution in [0.2, 0.25) is 0 Å². The first kappa shape index (κ1) is 13.0. The third-order valence-electron chi connectivity index (χ3n) is 4.14. The maximum absolute atomic E-state index is 11.3. The number of hydrogen-bond acceptors (Lipinski definition) is 3. The summed E-state index contributed by atoms with van der Waals surface area (Å²) < 4.78 is 1.75. The normalized spacial score (nSPS) is 14.4. The zero-order chi connectivity index (χ0) is 15.1. The van der Waals surface area contributed by atoms with Gasteiger partial charge in [-0.2, -0.15) is 0 Å². The number of aromatic nitrogens is 3. The predicted octanol–water partition coefficient (Wildman–Crippen LogP) is 3.06. The molecule has 1 saturated carbocycles. The van der Waals surface area contributed by atoms with Crippen LogP contribution in [0.25, 0.3) is 10.8 Å². The molecular formula is C17H15N3O2. The minimum atomic E-state index is -0.994. The second kappa shape index (κ2) is 4.94. The number of aromatic carboxylic acids is 1. The Morgan fingerprint density at radius 3 is 2.73 bits per heavy atom. The molecule has 110 valence electrons. The molecule has 1 fully saturated rings. The van der Waals surface area contributed by atoms with Gasteiger partial charge in [-0.3, -0.25) is 0 Å². The Bertz CT molecular complexity index is 860. The van der Waals surface area contributed by atoms with Crippen molar-refractivity contribution in [2.24, 2.45) is 0 Å². The summed E-state index contributed by atoms with van der Waals surface area (Å²) in [6, 6.07) is 14.3. The minimum Gasteiger partial charge on any atom is -0.476 e. The van der Waals surface area contributed by atoms with E-state index in [-0.39, 0.29) is 11.6 Å². The molecule has 0 bridgehead atoms. The third-order valence-corrected chi connectivity index (χ3v) is 4.14. The van der Waals surface area contributed by atoms with E-state index in [0.29, 0.717) is 6.54 Å². The van der Waals surface area contributed by atoms with E-state index >= 15 is 0 Å². The van der Waals surface area contributed by atoms with Crippen LogP contribution in [0.4, 0.5) is 0 Å². The van der Waals surface area contributed by atoms with Gasteiger partial charge in [0.1, 0.15) is 0 Å². The van der Waals surface area contributed by atoms with Crippen molar-refractivity contribution < 1.29 is 9.90 Å². The smallest absolute Gasteiger partial charge is 0.358 e. The van der Waals surface area contributed by atoms with Crippen LogP contribution in [0.1, 0.15) is 40.5 Å². The number of nitrogens with zero attached hydrogens (tertiary/aromatic N) is 3. The van der Waals surface area contributed by atoms with E-state index in [1.54, 1.807) is 4.68 Å². The summed E-state index contributed by atoms with van der Waals surface area (Å²) in [5.41, 5.74) is 1.99. The Morgan fingerprint density at radius 2 is 1.95 bits per heavy atom. The lowest BCUT2D eigenvalue weighted by Gasteiger charge is -2.09. The molecule has 4 rings (SSSR count).